The Bertz CT molecular complexity index is 1250. The molecule has 7 unspecified atom stereocenters. The van der Waals surface area contributed by atoms with Crippen LogP contribution in [0, 0.1) is 0 Å². The fourth-order valence-corrected chi connectivity index (χ4v) is 8.29. The van der Waals surface area contributed by atoms with Gasteiger partial charge < -0.3 is 35.2 Å². The fourth-order valence-electron chi connectivity index (χ4n) is 7.78. The minimum atomic E-state index is -5.09. The average molecular weight is 902 g/mol. The van der Waals surface area contributed by atoms with Crippen LogP contribution in [0.5, 0.6) is 0 Å². The van der Waals surface area contributed by atoms with E-state index in [1.165, 1.54) is 128 Å². The highest BCUT2D eigenvalue weighted by atomic mass is 32.3. The number of hydrogen-bond acceptors (Lipinski definition) is 10. The molecule has 0 aliphatic carbocycles. The maximum absolute atomic E-state index is 13.0. The predicted octanol–water partition coefficient (Wildman–Crippen LogP) is 10.3. The highest BCUT2D eigenvalue weighted by Gasteiger charge is 2.48. The summed E-state index contributed by atoms with van der Waals surface area (Å²) in [6, 6.07) is -0.947. The van der Waals surface area contributed by atoms with Crippen molar-refractivity contribution in [2.75, 3.05) is 13.2 Å². The Labute approximate surface area is 377 Å². The Kier molecular flexibility index (Phi) is 37.3. The van der Waals surface area contributed by atoms with E-state index in [-0.39, 0.29) is 18.9 Å². The second kappa shape index (κ2) is 39.7. The van der Waals surface area contributed by atoms with Crippen LogP contribution in [0.2, 0.25) is 0 Å². The van der Waals surface area contributed by atoms with Crippen molar-refractivity contribution < 1.29 is 51.8 Å². The molecule has 1 rings (SSSR count). The quantitative estimate of drug-likeness (QED) is 0.0194. The molecule has 12 nitrogen and oxygen atoms in total. The number of aliphatic hydroxyl groups is 4. The zero-order chi connectivity index (χ0) is 45.5. The standard InChI is InChI=1S/C49H91NO11S/c1-3-5-7-9-11-13-15-17-18-19-20-21-22-23-24-25-26-27-29-31-33-35-37-39-45(53)50-42(43(52)38-36-34-32-30-28-16-14-12-10-8-6-4-2)41-59-49-47(55)48(61-62(56,57)58)46(54)44(40-51)60-49/h20-21,23-24,36,38,42-44,46-49,51-52,54-55H,3-19,22,25-35,37,39-41H2,1-2H3,(H,50,53)(H,56,57,58)/b21-20-,24-23-,38-36+. The molecular weight excluding hydrogens is 811 g/mol. The minimum absolute atomic E-state index is 0.260. The number of allylic oxidation sites excluding steroid dienone is 5. The van der Waals surface area contributed by atoms with Crippen LogP contribution in [0.4, 0.5) is 0 Å². The third-order valence-corrected chi connectivity index (χ3v) is 12.1. The molecular formula is C49H91NO11S. The van der Waals surface area contributed by atoms with E-state index in [0.717, 1.165) is 57.8 Å². The number of hydrogen-bond donors (Lipinski definition) is 6. The Morgan fingerprint density at radius 3 is 1.53 bits per heavy atom. The Hall–Kier alpha value is -1.68. The third kappa shape index (κ3) is 32.1. The maximum Gasteiger partial charge on any atom is 0.397 e. The molecule has 1 aliphatic rings. The van der Waals surface area contributed by atoms with Crippen molar-refractivity contribution in [3.63, 3.8) is 0 Å². The molecule has 0 bridgehead atoms. The lowest BCUT2D eigenvalue weighted by Gasteiger charge is -2.41. The molecule has 0 aromatic rings. The monoisotopic (exact) mass is 902 g/mol. The van der Waals surface area contributed by atoms with E-state index >= 15 is 0 Å². The first-order valence-electron chi connectivity index (χ1n) is 24.9. The van der Waals surface area contributed by atoms with Gasteiger partial charge in [-0.05, 0) is 51.4 Å². The number of amides is 1. The number of unbranched alkanes of at least 4 members (excludes halogenated alkanes) is 26. The van der Waals surface area contributed by atoms with Gasteiger partial charge >= 0.3 is 10.4 Å². The van der Waals surface area contributed by atoms with Gasteiger partial charge in [0, 0.05) is 6.42 Å². The van der Waals surface area contributed by atoms with Crippen LogP contribution < -0.4 is 5.32 Å². The summed E-state index contributed by atoms with van der Waals surface area (Å²) in [5.74, 6) is -0.271. The van der Waals surface area contributed by atoms with E-state index in [9.17, 15) is 38.2 Å². The molecule has 1 amide bonds. The molecule has 1 saturated heterocycles. The molecule has 6 N–H and O–H groups in total. The van der Waals surface area contributed by atoms with Gasteiger partial charge in [-0.25, -0.2) is 4.18 Å². The van der Waals surface area contributed by atoms with Crippen LogP contribution in [0.15, 0.2) is 36.5 Å². The van der Waals surface area contributed by atoms with Crippen LogP contribution in [0.3, 0.4) is 0 Å². The van der Waals surface area contributed by atoms with Crippen LogP contribution in [0.1, 0.15) is 213 Å². The highest BCUT2D eigenvalue weighted by molar-refractivity contribution is 7.80. The maximum atomic E-state index is 13.0. The van der Waals surface area contributed by atoms with Crippen molar-refractivity contribution >= 4 is 16.3 Å². The summed E-state index contributed by atoms with van der Waals surface area (Å²) in [6.45, 7) is 3.37. The lowest BCUT2D eigenvalue weighted by molar-refractivity contribution is -0.298. The van der Waals surface area contributed by atoms with Gasteiger partial charge in [0.2, 0.25) is 5.91 Å². The van der Waals surface area contributed by atoms with Gasteiger partial charge in [-0.15, -0.1) is 0 Å². The van der Waals surface area contributed by atoms with Crippen LogP contribution >= 0.6 is 0 Å². The van der Waals surface area contributed by atoms with Crippen molar-refractivity contribution in [2.24, 2.45) is 0 Å². The summed E-state index contributed by atoms with van der Waals surface area (Å²) in [6.07, 6.45) is 39.0. The molecule has 0 radical (unpaired) electrons. The van der Waals surface area contributed by atoms with E-state index in [0.29, 0.717) is 6.42 Å². The first-order chi connectivity index (χ1) is 30.0. The highest BCUT2D eigenvalue weighted by Crippen LogP contribution is 2.26. The zero-order valence-corrected chi connectivity index (χ0v) is 39.8. The predicted molar refractivity (Wildman–Crippen MR) is 250 cm³/mol. The van der Waals surface area contributed by atoms with Gasteiger partial charge in [-0.2, -0.15) is 8.42 Å². The van der Waals surface area contributed by atoms with Gasteiger partial charge in [-0.1, -0.05) is 192 Å². The summed E-state index contributed by atoms with van der Waals surface area (Å²) in [5.41, 5.74) is 0. The van der Waals surface area contributed by atoms with Crippen LogP contribution in [-0.2, 0) is 28.9 Å². The number of nitrogens with one attached hydrogen (secondary N) is 1. The van der Waals surface area contributed by atoms with E-state index in [1.54, 1.807) is 6.08 Å². The summed E-state index contributed by atoms with van der Waals surface area (Å²) in [5, 5.41) is 44.7. The molecule has 364 valence electrons. The minimum Gasteiger partial charge on any atom is -0.394 e. The lowest BCUT2D eigenvalue weighted by Crippen LogP contribution is -2.61. The Morgan fingerprint density at radius 2 is 1.08 bits per heavy atom. The topological polar surface area (TPSA) is 192 Å². The second-order valence-electron chi connectivity index (χ2n) is 17.4. The molecule has 0 saturated carbocycles. The first-order valence-corrected chi connectivity index (χ1v) is 26.2. The molecule has 1 fully saturated rings. The van der Waals surface area contributed by atoms with Crippen molar-refractivity contribution in [2.45, 2.75) is 256 Å². The lowest BCUT2D eigenvalue weighted by atomic mass is 9.99. The van der Waals surface area contributed by atoms with Crippen LogP contribution in [0.25, 0.3) is 0 Å². The summed E-state index contributed by atoms with van der Waals surface area (Å²) in [7, 11) is -5.09. The molecule has 62 heavy (non-hydrogen) atoms. The average Bonchev–Trinajstić information content (AvgIpc) is 3.24. The summed E-state index contributed by atoms with van der Waals surface area (Å²) >= 11 is 0. The SMILES string of the molecule is CCCCCCCCCCC/C=C\C/C=C\CCCCCCCCCC(=O)NC(COC1OC(CO)C(O)C(OS(=O)(=O)O)C1O)C(O)/C=C/CCCCCCCCCCCC. The van der Waals surface area contributed by atoms with E-state index in [2.05, 4.69) is 47.7 Å². The van der Waals surface area contributed by atoms with Gasteiger partial charge in [-0.3, -0.25) is 9.35 Å². The van der Waals surface area contributed by atoms with Crippen molar-refractivity contribution in [3.05, 3.63) is 36.5 Å². The summed E-state index contributed by atoms with van der Waals surface area (Å²) in [4.78, 5) is 13.0. The van der Waals surface area contributed by atoms with Gasteiger partial charge in [0.15, 0.2) is 6.29 Å². The van der Waals surface area contributed by atoms with Crippen LogP contribution in [-0.4, -0.2) is 95.4 Å². The number of ether oxygens (including phenoxy) is 2. The van der Waals surface area contributed by atoms with Gasteiger partial charge in [0.25, 0.3) is 0 Å². The Morgan fingerprint density at radius 1 is 0.645 bits per heavy atom. The van der Waals surface area contributed by atoms with Crippen molar-refractivity contribution in [3.8, 4) is 0 Å². The second-order valence-corrected chi connectivity index (χ2v) is 18.4. The number of carbonyl (C=O) groups is 1. The molecule has 1 aliphatic heterocycles. The van der Waals surface area contributed by atoms with Crippen molar-refractivity contribution in [1.29, 1.82) is 0 Å². The molecule has 0 aromatic carbocycles. The molecule has 13 heteroatoms. The van der Waals surface area contributed by atoms with Gasteiger partial charge in [0.1, 0.15) is 24.4 Å². The molecule has 0 aromatic heterocycles. The molecule has 7 atom stereocenters. The van der Waals surface area contributed by atoms with E-state index in [4.69, 9.17) is 9.47 Å². The zero-order valence-electron chi connectivity index (χ0n) is 38.9. The van der Waals surface area contributed by atoms with E-state index < -0.39 is 59.9 Å². The largest absolute Gasteiger partial charge is 0.397 e. The third-order valence-electron chi connectivity index (χ3n) is 11.7. The molecule has 0 spiro atoms. The molecule has 1 heterocycles. The number of carbonyl (C=O) groups excluding carboxylic acids is 1. The number of aliphatic hydroxyl groups excluding tert-OH is 4. The number of rotatable bonds is 42. The van der Waals surface area contributed by atoms with Crippen molar-refractivity contribution in [1.82, 2.24) is 5.32 Å². The first kappa shape index (κ1) is 58.3. The van der Waals surface area contributed by atoms with Gasteiger partial charge in [0.05, 0.1) is 25.4 Å². The fraction of sp³-hybridized carbons (Fsp3) is 0.857. The normalized spacial score (nSPS) is 20.8. The van der Waals surface area contributed by atoms with E-state index in [1.807, 2.05) is 6.08 Å². The smallest absolute Gasteiger partial charge is 0.394 e. The summed E-state index contributed by atoms with van der Waals surface area (Å²) < 4.78 is 47.6. The Balaban J connectivity index is 2.43.